The van der Waals surface area contributed by atoms with E-state index in [1.165, 1.54) is 19.2 Å². The second-order valence-corrected chi connectivity index (χ2v) is 7.96. The Morgan fingerprint density at radius 2 is 1.93 bits per heavy atom. The molecule has 1 aliphatic carbocycles. The second kappa shape index (κ2) is 9.87. The molecule has 1 heterocycles. The molecule has 0 bridgehead atoms. The summed E-state index contributed by atoms with van der Waals surface area (Å²) in [5.74, 6) is -0.0160. The smallest absolute Gasteiger partial charge is 0.453 e. The highest BCUT2D eigenvalue weighted by Crippen LogP contribution is 2.36. The van der Waals surface area contributed by atoms with Crippen LogP contribution in [0.15, 0.2) is 24.3 Å². The third kappa shape index (κ3) is 6.01. The zero-order valence-electron chi connectivity index (χ0n) is 17.1. The lowest BCUT2D eigenvalue weighted by molar-refractivity contribution is -0.274. The Bertz CT molecular complexity index is 708. The maximum atomic E-state index is 12.5. The van der Waals surface area contributed by atoms with Crippen LogP contribution < -0.4 is 10.5 Å². The van der Waals surface area contributed by atoms with E-state index in [9.17, 15) is 18.0 Å². The number of hydrogen-bond donors (Lipinski definition) is 1. The number of rotatable bonds is 5. The Labute approximate surface area is 174 Å². The molecule has 1 aromatic carbocycles. The Morgan fingerprint density at radius 1 is 1.20 bits per heavy atom. The van der Waals surface area contributed by atoms with E-state index in [0.717, 1.165) is 44.1 Å². The summed E-state index contributed by atoms with van der Waals surface area (Å²) < 4.78 is 52.3. The summed E-state index contributed by atoms with van der Waals surface area (Å²) in [5.41, 5.74) is 7.06. The fraction of sp³-hybridized carbons (Fsp3) is 0.667. The van der Waals surface area contributed by atoms with E-state index in [1.54, 1.807) is 11.0 Å². The zero-order chi connectivity index (χ0) is 21.7. The molecule has 2 atom stereocenters. The van der Waals surface area contributed by atoms with Gasteiger partial charge in [0.2, 0.25) is 0 Å². The predicted octanol–water partition coefficient (Wildman–Crippen LogP) is 4.19. The topological polar surface area (TPSA) is 74.0 Å². The van der Waals surface area contributed by atoms with Crippen LogP contribution >= 0.6 is 0 Å². The Hall–Kier alpha value is -2.00. The lowest BCUT2D eigenvalue weighted by Gasteiger charge is -2.39. The first kappa shape index (κ1) is 22.7. The van der Waals surface area contributed by atoms with Crippen molar-refractivity contribution < 1.29 is 32.2 Å². The van der Waals surface area contributed by atoms with Crippen LogP contribution in [0, 0.1) is 0 Å². The number of halogens is 3. The number of methoxy groups -OCH3 is 1. The average molecular weight is 430 g/mol. The van der Waals surface area contributed by atoms with Crippen molar-refractivity contribution in [1.29, 1.82) is 0 Å². The van der Waals surface area contributed by atoms with E-state index >= 15 is 0 Å². The van der Waals surface area contributed by atoms with Crippen molar-refractivity contribution in [1.82, 2.24) is 4.90 Å². The number of piperidine rings is 1. The average Bonchev–Trinajstić information content (AvgIpc) is 2.71. The minimum Gasteiger partial charge on any atom is -0.453 e. The van der Waals surface area contributed by atoms with Gasteiger partial charge in [-0.25, -0.2) is 4.79 Å². The zero-order valence-corrected chi connectivity index (χ0v) is 17.1. The van der Waals surface area contributed by atoms with E-state index in [0.29, 0.717) is 13.2 Å². The Kier molecular flexibility index (Phi) is 7.46. The molecule has 0 radical (unpaired) electrons. The van der Waals surface area contributed by atoms with Crippen molar-refractivity contribution in [2.75, 3.05) is 20.3 Å². The van der Waals surface area contributed by atoms with Gasteiger partial charge >= 0.3 is 12.5 Å². The van der Waals surface area contributed by atoms with Crippen molar-refractivity contribution in [3.63, 3.8) is 0 Å². The predicted molar refractivity (Wildman–Crippen MR) is 104 cm³/mol. The van der Waals surface area contributed by atoms with Gasteiger partial charge in [0, 0.05) is 12.6 Å². The van der Waals surface area contributed by atoms with Gasteiger partial charge in [-0.05, 0) is 62.1 Å². The normalized spacial score (nSPS) is 27.6. The Morgan fingerprint density at radius 3 is 2.60 bits per heavy atom. The van der Waals surface area contributed by atoms with Crippen LogP contribution in [-0.2, 0) is 9.47 Å². The number of ether oxygens (including phenoxy) is 3. The molecule has 0 spiro atoms. The number of nitrogens with zero attached hydrogens (tertiary/aromatic N) is 1. The highest BCUT2D eigenvalue weighted by Gasteiger charge is 2.34. The molecule has 2 unspecified atom stereocenters. The van der Waals surface area contributed by atoms with Gasteiger partial charge in [-0.3, -0.25) is 0 Å². The molecular weight excluding hydrogens is 401 g/mol. The molecule has 168 valence electrons. The van der Waals surface area contributed by atoms with Gasteiger partial charge in [0.1, 0.15) is 5.75 Å². The molecule has 30 heavy (non-hydrogen) atoms. The molecule has 1 aromatic rings. The van der Waals surface area contributed by atoms with Crippen LogP contribution in [0.25, 0.3) is 0 Å². The number of hydrogen-bond acceptors (Lipinski definition) is 5. The summed E-state index contributed by atoms with van der Waals surface area (Å²) >= 11 is 0. The molecular formula is C21H29F3N2O4. The van der Waals surface area contributed by atoms with Crippen LogP contribution in [0.1, 0.15) is 50.0 Å². The van der Waals surface area contributed by atoms with Crippen molar-refractivity contribution >= 4 is 6.09 Å². The van der Waals surface area contributed by atoms with Gasteiger partial charge in [-0.1, -0.05) is 12.1 Å². The molecule has 1 amide bonds. The molecule has 2 N–H and O–H groups in total. The molecule has 2 aliphatic rings. The van der Waals surface area contributed by atoms with E-state index in [4.69, 9.17) is 15.2 Å². The molecule has 3 rings (SSSR count). The first-order valence-electron chi connectivity index (χ1n) is 10.3. The fourth-order valence-corrected chi connectivity index (χ4v) is 4.41. The molecule has 1 saturated heterocycles. The summed E-state index contributed by atoms with van der Waals surface area (Å²) in [6.07, 6.45) is -0.116. The first-order valence-corrected chi connectivity index (χ1v) is 10.3. The number of carbonyl (C=O) groups is 1. The van der Waals surface area contributed by atoms with Crippen LogP contribution in [0.4, 0.5) is 18.0 Å². The second-order valence-electron chi connectivity index (χ2n) is 7.96. The summed E-state index contributed by atoms with van der Waals surface area (Å²) in [5, 5.41) is 0. The van der Waals surface area contributed by atoms with Crippen LogP contribution in [0.3, 0.4) is 0 Å². The summed E-state index contributed by atoms with van der Waals surface area (Å²) in [4.78, 5) is 13.6. The van der Waals surface area contributed by atoms with Gasteiger partial charge in [-0.2, -0.15) is 0 Å². The maximum absolute atomic E-state index is 12.5. The number of carbonyl (C=O) groups excluding carboxylic acids is 1. The minimum atomic E-state index is -4.69. The first-order chi connectivity index (χ1) is 14.3. The molecule has 6 nitrogen and oxygen atoms in total. The molecule has 0 aromatic heterocycles. The summed E-state index contributed by atoms with van der Waals surface area (Å²) in [6, 6.07) is 5.85. The number of amides is 1. The van der Waals surface area contributed by atoms with E-state index in [1.807, 2.05) is 6.07 Å². The summed E-state index contributed by atoms with van der Waals surface area (Å²) in [6.45, 7) is 0.970. The van der Waals surface area contributed by atoms with Crippen molar-refractivity contribution in [2.24, 2.45) is 5.73 Å². The van der Waals surface area contributed by atoms with E-state index in [-0.39, 0.29) is 35.9 Å². The number of nitrogens with two attached hydrogens (primary N) is 1. The third-order valence-corrected chi connectivity index (χ3v) is 5.98. The molecule has 2 fully saturated rings. The third-order valence-electron chi connectivity index (χ3n) is 5.98. The lowest BCUT2D eigenvalue weighted by atomic mass is 9.82. The van der Waals surface area contributed by atoms with E-state index < -0.39 is 6.36 Å². The summed E-state index contributed by atoms with van der Waals surface area (Å²) in [7, 11) is 1.36. The number of benzene rings is 1. The molecule has 9 heteroatoms. The van der Waals surface area contributed by atoms with Crippen LogP contribution in [0.5, 0.6) is 5.75 Å². The Balaban J connectivity index is 1.51. The maximum Gasteiger partial charge on any atom is 0.573 e. The largest absolute Gasteiger partial charge is 0.573 e. The quantitative estimate of drug-likeness (QED) is 0.758. The minimum absolute atomic E-state index is 0.0458. The number of likely N-dealkylation sites (tertiary alicyclic amines) is 1. The lowest BCUT2D eigenvalue weighted by Crippen LogP contribution is -2.56. The van der Waals surface area contributed by atoms with Crippen LogP contribution in [-0.4, -0.2) is 55.8 Å². The van der Waals surface area contributed by atoms with Crippen molar-refractivity contribution in [2.45, 2.75) is 69.0 Å². The molecule has 1 saturated carbocycles. The fourth-order valence-electron chi connectivity index (χ4n) is 4.41. The number of alkyl halides is 3. The van der Waals surface area contributed by atoms with Gasteiger partial charge < -0.3 is 24.8 Å². The highest BCUT2D eigenvalue weighted by atomic mass is 19.4. The van der Waals surface area contributed by atoms with Gasteiger partial charge in [-0.15, -0.1) is 13.2 Å². The van der Waals surface area contributed by atoms with Gasteiger partial charge in [0.15, 0.2) is 0 Å². The van der Waals surface area contributed by atoms with Gasteiger partial charge in [0.05, 0.1) is 25.9 Å². The SMILES string of the molecule is COC(=O)N1CCCC(N)C1CO[C@H]1CC[C@@H](c2cccc(OC(F)(F)F)c2)CC1. The van der Waals surface area contributed by atoms with E-state index in [2.05, 4.69) is 4.74 Å². The standard InChI is InChI=1S/C21H29F3N2O4/c1-28-20(27)26-11-3-6-18(25)19(26)13-29-16-9-7-14(8-10-16)15-4-2-5-17(12-15)30-21(22,23)24/h2,4-5,12,14,16,18-19H,3,6-11,13,25H2,1H3/t14-,16+,18?,19?. The van der Waals surface area contributed by atoms with Gasteiger partial charge in [0.25, 0.3) is 0 Å². The molecule has 1 aliphatic heterocycles. The highest BCUT2D eigenvalue weighted by molar-refractivity contribution is 5.68. The van der Waals surface area contributed by atoms with Crippen molar-refractivity contribution in [3.8, 4) is 5.75 Å². The van der Waals surface area contributed by atoms with Crippen molar-refractivity contribution in [3.05, 3.63) is 29.8 Å². The monoisotopic (exact) mass is 430 g/mol. The van der Waals surface area contributed by atoms with Crippen LogP contribution in [0.2, 0.25) is 0 Å².